The summed E-state index contributed by atoms with van der Waals surface area (Å²) >= 11 is 0. The largest absolute Gasteiger partial charge is 0.354 e. The van der Waals surface area contributed by atoms with Crippen LogP contribution in [0, 0.1) is 19.8 Å². The summed E-state index contributed by atoms with van der Waals surface area (Å²) in [4.78, 5) is 12.0. The normalized spacial score (nSPS) is 15.5. The number of rotatable bonds is 8. The summed E-state index contributed by atoms with van der Waals surface area (Å²) in [5.41, 5.74) is 7.47. The molecule has 1 aliphatic carbocycles. The second-order valence-electron chi connectivity index (χ2n) is 6.22. The van der Waals surface area contributed by atoms with Crippen molar-refractivity contribution >= 4 is 28.3 Å². The SMILES string of the molecule is Cc1ccc(C)c(S(=O)(=O)NCCC(=O)NCC(N)C2CC2)c1.Cl. The number of nitrogens with two attached hydrogens (primary N) is 1. The van der Waals surface area contributed by atoms with E-state index in [0.717, 1.165) is 18.4 Å². The summed E-state index contributed by atoms with van der Waals surface area (Å²) in [6, 6.07) is 5.28. The lowest BCUT2D eigenvalue weighted by atomic mass is 10.2. The summed E-state index contributed by atoms with van der Waals surface area (Å²) in [7, 11) is -3.60. The Morgan fingerprint density at radius 3 is 2.62 bits per heavy atom. The zero-order valence-electron chi connectivity index (χ0n) is 14.0. The highest BCUT2D eigenvalue weighted by atomic mass is 35.5. The maximum absolute atomic E-state index is 12.3. The van der Waals surface area contributed by atoms with Gasteiger partial charge in [0.2, 0.25) is 15.9 Å². The lowest BCUT2D eigenvalue weighted by Gasteiger charge is -2.12. The van der Waals surface area contributed by atoms with Crippen LogP contribution in [0.4, 0.5) is 0 Å². The van der Waals surface area contributed by atoms with Gasteiger partial charge in [0.15, 0.2) is 0 Å². The van der Waals surface area contributed by atoms with Gasteiger partial charge in [-0.25, -0.2) is 13.1 Å². The zero-order valence-corrected chi connectivity index (χ0v) is 15.7. The molecule has 4 N–H and O–H groups in total. The fourth-order valence-corrected chi connectivity index (χ4v) is 3.74. The van der Waals surface area contributed by atoms with Crippen molar-refractivity contribution in [3.8, 4) is 0 Å². The van der Waals surface area contributed by atoms with Crippen molar-refractivity contribution < 1.29 is 13.2 Å². The highest BCUT2D eigenvalue weighted by molar-refractivity contribution is 7.89. The Kier molecular flexibility index (Phi) is 7.66. The van der Waals surface area contributed by atoms with Crippen LogP contribution in [0.3, 0.4) is 0 Å². The Morgan fingerprint density at radius 2 is 2.00 bits per heavy atom. The molecular formula is C16H26ClN3O3S. The Hall–Kier alpha value is -1.15. The number of halogens is 1. The molecule has 0 bridgehead atoms. The number of hydrogen-bond donors (Lipinski definition) is 3. The summed E-state index contributed by atoms with van der Waals surface area (Å²) in [6.45, 7) is 4.11. The molecule has 1 fully saturated rings. The third-order valence-corrected chi connectivity index (χ3v) is 5.64. The van der Waals surface area contributed by atoms with E-state index in [9.17, 15) is 13.2 Å². The summed E-state index contributed by atoms with van der Waals surface area (Å²) < 4.78 is 27.1. The molecule has 1 saturated carbocycles. The fraction of sp³-hybridized carbons (Fsp3) is 0.562. The molecule has 8 heteroatoms. The van der Waals surface area contributed by atoms with E-state index in [1.54, 1.807) is 19.1 Å². The van der Waals surface area contributed by atoms with Gasteiger partial charge in [-0.2, -0.15) is 0 Å². The van der Waals surface area contributed by atoms with E-state index in [4.69, 9.17) is 5.73 Å². The molecule has 0 aliphatic heterocycles. The molecular weight excluding hydrogens is 350 g/mol. The van der Waals surface area contributed by atoms with Crippen molar-refractivity contribution in [2.45, 2.75) is 44.0 Å². The van der Waals surface area contributed by atoms with Crippen LogP contribution in [0.2, 0.25) is 0 Å². The van der Waals surface area contributed by atoms with Crippen LogP contribution in [-0.2, 0) is 14.8 Å². The van der Waals surface area contributed by atoms with Crippen LogP contribution in [0.5, 0.6) is 0 Å². The second kappa shape index (κ2) is 8.80. The maximum Gasteiger partial charge on any atom is 0.240 e. The van der Waals surface area contributed by atoms with Crippen LogP contribution in [0.1, 0.15) is 30.4 Å². The van der Waals surface area contributed by atoms with Crippen LogP contribution >= 0.6 is 12.4 Å². The van der Waals surface area contributed by atoms with Crippen LogP contribution in [0.25, 0.3) is 0 Å². The van der Waals surface area contributed by atoms with Crippen molar-refractivity contribution in [1.82, 2.24) is 10.0 Å². The number of hydrogen-bond acceptors (Lipinski definition) is 4. The fourth-order valence-electron chi connectivity index (χ4n) is 2.38. The van der Waals surface area contributed by atoms with Crippen molar-refractivity contribution in [2.24, 2.45) is 11.7 Å². The van der Waals surface area contributed by atoms with Gasteiger partial charge in [0.1, 0.15) is 0 Å². The molecule has 136 valence electrons. The molecule has 24 heavy (non-hydrogen) atoms. The second-order valence-corrected chi connectivity index (χ2v) is 7.96. The average molecular weight is 376 g/mol. The van der Waals surface area contributed by atoms with E-state index in [-0.39, 0.29) is 42.2 Å². The van der Waals surface area contributed by atoms with E-state index < -0.39 is 10.0 Å². The number of aryl methyl sites for hydroxylation is 2. The zero-order chi connectivity index (χ0) is 17.0. The van der Waals surface area contributed by atoms with Gasteiger partial charge < -0.3 is 11.1 Å². The molecule has 0 radical (unpaired) electrons. The number of sulfonamides is 1. The predicted molar refractivity (Wildman–Crippen MR) is 96.7 cm³/mol. The average Bonchev–Trinajstić information content (AvgIpc) is 3.31. The van der Waals surface area contributed by atoms with Crippen molar-refractivity contribution in [3.63, 3.8) is 0 Å². The lowest BCUT2D eigenvalue weighted by Crippen LogP contribution is -2.39. The number of carbonyl (C=O) groups is 1. The van der Waals surface area contributed by atoms with Gasteiger partial charge in [0.05, 0.1) is 4.90 Å². The minimum absolute atomic E-state index is 0. The minimum atomic E-state index is -3.60. The number of nitrogens with one attached hydrogen (secondary N) is 2. The molecule has 1 atom stereocenters. The highest BCUT2D eigenvalue weighted by Crippen LogP contribution is 2.31. The first kappa shape index (κ1) is 20.9. The van der Waals surface area contributed by atoms with E-state index >= 15 is 0 Å². The number of benzene rings is 1. The topological polar surface area (TPSA) is 101 Å². The molecule has 0 spiro atoms. The summed E-state index contributed by atoms with van der Waals surface area (Å²) in [6.07, 6.45) is 2.36. The standard InChI is InChI=1S/C16H25N3O3S.ClH/c1-11-3-4-12(2)15(9-11)23(21,22)19-8-7-16(20)18-10-14(17)13-5-6-13;/h3-4,9,13-14,19H,5-8,10,17H2,1-2H3,(H,18,20);1H. The summed E-state index contributed by atoms with van der Waals surface area (Å²) in [5, 5.41) is 2.75. The lowest BCUT2D eigenvalue weighted by molar-refractivity contribution is -0.121. The van der Waals surface area contributed by atoms with Crippen molar-refractivity contribution in [2.75, 3.05) is 13.1 Å². The molecule has 0 aromatic heterocycles. The third kappa shape index (κ3) is 6.05. The van der Waals surface area contributed by atoms with Gasteiger partial charge in [0.25, 0.3) is 0 Å². The van der Waals surface area contributed by atoms with Crippen molar-refractivity contribution in [3.05, 3.63) is 29.3 Å². The molecule has 1 aromatic carbocycles. The number of amides is 1. The van der Waals surface area contributed by atoms with Gasteiger partial charge in [-0.1, -0.05) is 12.1 Å². The van der Waals surface area contributed by atoms with Crippen molar-refractivity contribution in [1.29, 1.82) is 0 Å². The monoisotopic (exact) mass is 375 g/mol. The van der Waals surface area contributed by atoms with E-state index in [0.29, 0.717) is 18.0 Å². The molecule has 1 amide bonds. The molecule has 1 aliphatic rings. The molecule has 6 nitrogen and oxygen atoms in total. The van der Waals surface area contributed by atoms with Gasteiger partial charge in [-0.3, -0.25) is 4.79 Å². The first-order valence-electron chi connectivity index (χ1n) is 7.89. The molecule has 2 rings (SSSR count). The predicted octanol–water partition coefficient (Wildman–Crippen LogP) is 1.25. The number of carbonyl (C=O) groups excluding carboxylic acids is 1. The van der Waals surface area contributed by atoms with E-state index in [2.05, 4.69) is 10.0 Å². The maximum atomic E-state index is 12.3. The van der Waals surface area contributed by atoms with Crippen LogP contribution in [0.15, 0.2) is 23.1 Å². The van der Waals surface area contributed by atoms with E-state index in [1.165, 1.54) is 0 Å². The molecule has 0 heterocycles. The third-order valence-electron chi connectivity index (χ3n) is 4.04. The summed E-state index contributed by atoms with van der Waals surface area (Å²) in [5.74, 6) is 0.336. The molecule has 1 aromatic rings. The molecule has 1 unspecified atom stereocenters. The molecule has 0 saturated heterocycles. The van der Waals surface area contributed by atoms with E-state index in [1.807, 2.05) is 13.0 Å². The Balaban J connectivity index is 0.00000288. The quantitative estimate of drug-likeness (QED) is 0.636. The van der Waals surface area contributed by atoms with Gasteiger partial charge in [-0.15, -0.1) is 12.4 Å². The Labute approximate surface area is 150 Å². The van der Waals surface area contributed by atoms with Gasteiger partial charge >= 0.3 is 0 Å². The Morgan fingerprint density at radius 1 is 1.33 bits per heavy atom. The highest BCUT2D eigenvalue weighted by Gasteiger charge is 2.28. The first-order chi connectivity index (χ1) is 10.8. The van der Waals surface area contributed by atoms with Crippen LogP contribution in [-0.4, -0.2) is 33.5 Å². The first-order valence-corrected chi connectivity index (χ1v) is 9.37. The Bertz CT molecular complexity index is 675. The minimum Gasteiger partial charge on any atom is -0.354 e. The van der Waals surface area contributed by atoms with Crippen LogP contribution < -0.4 is 15.8 Å². The van der Waals surface area contributed by atoms with Gasteiger partial charge in [-0.05, 0) is 49.8 Å². The smallest absolute Gasteiger partial charge is 0.240 e. The van der Waals surface area contributed by atoms with Gasteiger partial charge in [0, 0.05) is 25.6 Å².